The Kier molecular flexibility index (Phi) is 10.4. The molecule has 172 valence electrons. The van der Waals surface area contributed by atoms with Gasteiger partial charge in [0.2, 0.25) is 11.5 Å². The first-order valence-electron chi connectivity index (χ1n) is 10.5. The quantitative estimate of drug-likeness (QED) is 0.382. The maximum Gasteiger partial charge on any atom is 0.229 e. The van der Waals surface area contributed by atoms with E-state index >= 15 is 0 Å². The van der Waals surface area contributed by atoms with Gasteiger partial charge >= 0.3 is 0 Å². The lowest BCUT2D eigenvalue weighted by molar-refractivity contribution is -0.123. The zero-order chi connectivity index (χ0) is 22.5. The van der Waals surface area contributed by atoms with Crippen LogP contribution in [0.2, 0.25) is 0 Å². The fraction of sp³-hybridized carbons (Fsp3) is 0.522. The molecule has 0 aliphatic heterocycles. The summed E-state index contributed by atoms with van der Waals surface area (Å²) >= 11 is 3.45. The van der Waals surface area contributed by atoms with E-state index in [1.54, 1.807) is 29.0 Å². The molecule has 2 aromatic rings. The van der Waals surface area contributed by atoms with Crippen LogP contribution in [0.1, 0.15) is 64.2 Å². The molecule has 0 saturated heterocycles. The van der Waals surface area contributed by atoms with E-state index in [2.05, 4.69) is 35.1 Å². The van der Waals surface area contributed by atoms with Crippen molar-refractivity contribution in [3.8, 4) is 0 Å². The fourth-order valence-corrected chi connectivity index (χ4v) is 3.62. The molecule has 6 nitrogen and oxygen atoms in total. The molecule has 0 atom stereocenters. The van der Waals surface area contributed by atoms with E-state index < -0.39 is 5.41 Å². The van der Waals surface area contributed by atoms with Gasteiger partial charge in [0.15, 0.2) is 5.78 Å². The van der Waals surface area contributed by atoms with Gasteiger partial charge in [0.05, 0.1) is 12.2 Å². The van der Waals surface area contributed by atoms with Crippen LogP contribution in [-0.4, -0.2) is 20.8 Å². The zero-order valence-corrected chi connectivity index (χ0v) is 22.3. The summed E-state index contributed by atoms with van der Waals surface area (Å²) in [7, 11) is 0. The van der Waals surface area contributed by atoms with E-state index in [-0.39, 0.29) is 35.2 Å². The number of aryl methyl sites for hydroxylation is 1. The lowest BCUT2D eigenvalue weighted by Gasteiger charge is -2.18. The van der Waals surface area contributed by atoms with E-state index in [0.29, 0.717) is 27.3 Å². The largest absolute Gasteiger partial charge is 0.325 e. The summed E-state index contributed by atoms with van der Waals surface area (Å²) in [4.78, 5) is 25.0. The van der Waals surface area contributed by atoms with Gasteiger partial charge in [0.25, 0.3) is 0 Å². The van der Waals surface area contributed by atoms with Crippen LogP contribution in [0.3, 0.4) is 0 Å². The van der Waals surface area contributed by atoms with E-state index in [1.807, 2.05) is 31.5 Å². The number of ketones is 1. The second kappa shape index (κ2) is 11.8. The summed E-state index contributed by atoms with van der Waals surface area (Å²) in [5.74, 6) is 0.489. The Bertz CT molecular complexity index is 953. The second-order valence-corrected chi connectivity index (χ2v) is 9.59. The molecule has 8 heteroatoms. The van der Waals surface area contributed by atoms with Gasteiger partial charge in [0, 0.05) is 34.4 Å². The summed E-state index contributed by atoms with van der Waals surface area (Å²) < 4.78 is 4.22. The van der Waals surface area contributed by atoms with Crippen molar-refractivity contribution in [1.29, 1.82) is 5.41 Å². The summed E-state index contributed by atoms with van der Waals surface area (Å²) in [6.07, 6.45) is 6.99. The van der Waals surface area contributed by atoms with Gasteiger partial charge < -0.3 is 14.5 Å². The molecule has 0 unspecified atom stereocenters. The Balaban J connectivity index is 0.00000480. The molecule has 0 aliphatic rings. The first kappa shape index (κ1) is 27.4. The van der Waals surface area contributed by atoms with Crippen molar-refractivity contribution in [3.05, 3.63) is 46.2 Å². The van der Waals surface area contributed by atoms with Crippen LogP contribution in [0.15, 0.2) is 35.1 Å². The third kappa shape index (κ3) is 7.45. The highest BCUT2D eigenvalue weighted by Crippen LogP contribution is 2.26. The smallest absolute Gasteiger partial charge is 0.229 e. The van der Waals surface area contributed by atoms with Gasteiger partial charge in [-0.15, -0.1) is 17.0 Å². The lowest BCUT2D eigenvalue weighted by atomic mass is 9.95. The van der Waals surface area contributed by atoms with Crippen LogP contribution < -0.4 is 10.9 Å². The van der Waals surface area contributed by atoms with E-state index in [0.717, 1.165) is 25.8 Å². The number of hydrogen-bond acceptors (Lipinski definition) is 3. The average molecular weight is 558 g/mol. The number of carbonyl (C=O) groups is 2. The molecule has 1 aromatic heterocycles. The van der Waals surface area contributed by atoms with Crippen LogP contribution in [0.4, 0.5) is 5.69 Å². The van der Waals surface area contributed by atoms with Crippen molar-refractivity contribution in [1.82, 2.24) is 9.13 Å². The topological polar surface area (TPSA) is 79.9 Å². The van der Waals surface area contributed by atoms with Gasteiger partial charge in [0.1, 0.15) is 0 Å². The average Bonchev–Trinajstić information content (AvgIpc) is 3.03. The number of Topliss-reactive ketones (excluding diaryl/α,β-unsaturated/α-hetero) is 1. The molecule has 1 aromatic carbocycles. The summed E-state index contributed by atoms with van der Waals surface area (Å²) in [5.41, 5.74) is 0.999. The Hall–Kier alpha value is -1.67. The van der Waals surface area contributed by atoms with Crippen LogP contribution in [0, 0.1) is 16.7 Å². The molecule has 0 fully saturated rings. The number of benzene rings is 1. The molecule has 0 bridgehead atoms. The normalized spacial score (nSPS) is 11.3. The number of anilines is 1. The van der Waals surface area contributed by atoms with E-state index in [9.17, 15) is 9.59 Å². The van der Waals surface area contributed by atoms with Crippen molar-refractivity contribution >= 4 is 50.3 Å². The molecule has 1 amide bonds. The van der Waals surface area contributed by atoms with Crippen molar-refractivity contribution in [2.45, 2.75) is 67.0 Å². The number of nitrogens with one attached hydrogen (secondary N) is 2. The third-order valence-corrected chi connectivity index (χ3v) is 6.09. The molecule has 1 heterocycles. The van der Waals surface area contributed by atoms with Crippen molar-refractivity contribution in [3.63, 3.8) is 0 Å². The predicted molar refractivity (Wildman–Crippen MR) is 134 cm³/mol. The molecule has 0 spiro atoms. The Morgan fingerprint density at radius 3 is 2.29 bits per heavy atom. The number of hydrogen-bond donors (Lipinski definition) is 2. The summed E-state index contributed by atoms with van der Waals surface area (Å²) in [6, 6.07) is 5.16. The van der Waals surface area contributed by atoms with E-state index in [4.69, 9.17) is 5.41 Å². The standard InChI is InChI=1S/C23H33BrN4O2.BrH/c1-6-16(7-2)10-11-27-12-13-28(22(27)25)15-20(29)17-8-9-19(18(24)14-17)26-21(30)23(3,4)5;/h8-9,12-14,16,25H,6-7,10-11,15H2,1-5H3,(H,26,30);1H. The number of carbonyl (C=O) groups excluding carboxylic acids is 2. The fourth-order valence-electron chi connectivity index (χ4n) is 3.14. The minimum Gasteiger partial charge on any atom is -0.325 e. The highest BCUT2D eigenvalue weighted by atomic mass is 79.9. The van der Waals surface area contributed by atoms with Gasteiger partial charge in [-0.05, 0) is 46.5 Å². The van der Waals surface area contributed by atoms with Gasteiger partial charge in [-0.1, -0.05) is 47.5 Å². The van der Waals surface area contributed by atoms with Crippen molar-refractivity contribution in [2.24, 2.45) is 11.3 Å². The highest BCUT2D eigenvalue weighted by Gasteiger charge is 2.22. The minimum atomic E-state index is -0.503. The Labute approximate surface area is 203 Å². The number of rotatable bonds is 9. The minimum absolute atomic E-state index is 0. The molecule has 2 rings (SSSR count). The molecule has 0 aliphatic carbocycles. The second-order valence-electron chi connectivity index (χ2n) is 8.74. The number of imidazole rings is 1. The lowest BCUT2D eigenvalue weighted by Crippen LogP contribution is -2.28. The number of nitrogens with zero attached hydrogens (tertiary/aromatic N) is 2. The van der Waals surface area contributed by atoms with Crippen LogP contribution in [0.25, 0.3) is 0 Å². The first-order chi connectivity index (χ1) is 14.1. The molecule has 0 saturated carbocycles. The number of amides is 1. The van der Waals surface area contributed by atoms with Crippen LogP contribution in [0.5, 0.6) is 0 Å². The van der Waals surface area contributed by atoms with E-state index in [1.165, 1.54) is 0 Å². The summed E-state index contributed by atoms with van der Waals surface area (Å²) in [5, 5.41) is 11.2. The van der Waals surface area contributed by atoms with Gasteiger partial charge in [-0.25, -0.2) is 0 Å². The van der Waals surface area contributed by atoms with Crippen molar-refractivity contribution in [2.75, 3.05) is 5.32 Å². The highest BCUT2D eigenvalue weighted by molar-refractivity contribution is 9.10. The van der Waals surface area contributed by atoms with Crippen LogP contribution in [-0.2, 0) is 17.9 Å². The Morgan fingerprint density at radius 2 is 1.74 bits per heavy atom. The maximum atomic E-state index is 12.8. The summed E-state index contributed by atoms with van der Waals surface area (Å²) in [6.45, 7) is 10.8. The number of aromatic nitrogens is 2. The van der Waals surface area contributed by atoms with Gasteiger partial charge in [-0.3, -0.25) is 15.0 Å². The first-order valence-corrected chi connectivity index (χ1v) is 11.3. The van der Waals surface area contributed by atoms with Crippen molar-refractivity contribution < 1.29 is 9.59 Å². The number of halogens is 2. The molecule has 0 radical (unpaired) electrons. The maximum absolute atomic E-state index is 12.8. The zero-order valence-electron chi connectivity index (χ0n) is 19.0. The SMILES string of the molecule is Br.CCC(CC)CCn1ccn(CC(=O)c2ccc(NC(=O)C(C)(C)C)c(Br)c2)c1=N. The molecular formula is C23H34Br2N4O2. The molecule has 2 N–H and O–H groups in total. The van der Waals surface area contributed by atoms with Gasteiger partial charge in [-0.2, -0.15) is 0 Å². The third-order valence-electron chi connectivity index (χ3n) is 5.44. The molecule has 31 heavy (non-hydrogen) atoms. The predicted octanol–water partition coefficient (Wildman–Crippen LogP) is 5.80. The monoisotopic (exact) mass is 556 g/mol. The Morgan fingerprint density at radius 1 is 1.13 bits per heavy atom. The van der Waals surface area contributed by atoms with Crippen LogP contribution >= 0.6 is 32.9 Å². The molecular weight excluding hydrogens is 524 g/mol.